The summed E-state index contributed by atoms with van der Waals surface area (Å²) in [5, 5.41) is 9.74. The van der Waals surface area contributed by atoms with Crippen LogP contribution in [-0.4, -0.2) is 55.3 Å². The van der Waals surface area contributed by atoms with E-state index in [1.54, 1.807) is 6.20 Å². The molecule has 4 aromatic rings. The predicted octanol–water partition coefficient (Wildman–Crippen LogP) is 2.66. The third-order valence-corrected chi connectivity index (χ3v) is 5.54. The van der Waals surface area contributed by atoms with Crippen molar-refractivity contribution in [2.75, 3.05) is 24.7 Å². The predicted molar refractivity (Wildman–Crippen MR) is 112 cm³/mol. The van der Waals surface area contributed by atoms with E-state index in [-0.39, 0.29) is 6.04 Å². The van der Waals surface area contributed by atoms with Gasteiger partial charge in [-0.25, -0.2) is 4.98 Å². The van der Waals surface area contributed by atoms with Gasteiger partial charge in [0.1, 0.15) is 17.0 Å². The van der Waals surface area contributed by atoms with Crippen LogP contribution >= 0.6 is 0 Å². The van der Waals surface area contributed by atoms with Crippen LogP contribution < -0.4 is 4.90 Å². The third kappa shape index (κ3) is 2.96. The standard InChI is InChI=1S/C21H23N7O/c1-14-13-29-11-10-28(14)19-12-16(17-5-8-23-26(17)2)15-4-7-22-21(20(15)25-19)18-6-9-24-27(18)3/h4-9,12,14H,10-11,13H2,1-3H3. The summed E-state index contributed by atoms with van der Waals surface area (Å²) in [6.45, 7) is 4.38. The lowest BCUT2D eigenvalue weighted by atomic mass is 10.0. The summed E-state index contributed by atoms with van der Waals surface area (Å²) in [4.78, 5) is 12.1. The Bertz CT molecular complexity index is 1180. The zero-order valence-corrected chi connectivity index (χ0v) is 16.8. The van der Waals surface area contributed by atoms with Crippen molar-refractivity contribution in [3.05, 3.63) is 42.9 Å². The van der Waals surface area contributed by atoms with Crippen LogP contribution in [0.1, 0.15) is 6.92 Å². The Morgan fingerprint density at radius 1 is 1.00 bits per heavy atom. The lowest BCUT2D eigenvalue weighted by molar-refractivity contribution is 0.0986. The Kier molecular flexibility index (Phi) is 4.28. The van der Waals surface area contributed by atoms with Crippen LogP contribution in [0.3, 0.4) is 0 Å². The van der Waals surface area contributed by atoms with Gasteiger partial charge in [-0.15, -0.1) is 0 Å². The van der Waals surface area contributed by atoms with Crippen LogP contribution in [0.5, 0.6) is 0 Å². The van der Waals surface area contributed by atoms with Crippen molar-refractivity contribution >= 4 is 16.7 Å². The molecule has 0 spiro atoms. The molecule has 1 aliphatic heterocycles. The Morgan fingerprint density at radius 3 is 2.45 bits per heavy atom. The molecule has 1 aliphatic rings. The molecule has 0 radical (unpaired) electrons. The van der Waals surface area contributed by atoms with Gasteiger partial charge in [0, 0.05) is 50.2 Å². The van der Waals surface area contributed by atoms with E-state index < -0.39 is 0 Å². The summed E-state index contributed by atoms with van der Waals surface area (Å²) >= 11 is 0. The van der Waals surface area contributed by atoms with Gasteiger partial charge >= 0.3 is 0 Å². The highest BCUT2D eigenvalue weighted by molar-refractivity contribution is 6.01. The number of rotatable bonds is 3. The van der Waals surface area contributed by atoms with E-state index in [0.29, 0.717) is 13.2 Å². The van der Waals surface area contributed by atoms with Crippen molar-refractivity contribution in [1.82, 2.24) is 29.5 Å². The Morgan fingerprint density at radius 2 is 1.76 bits per heavy atom. The molecule has 1 saturated heterocycles. The molecule has 0 N–H and O–H groups in total. The maximum absolute atomic E-state index is 5.63. The molecule has 5 rings (SSSR count). The maximum atomic E-state index is 5.63. The van der Waals surface area contributed by atoms with Gasteiger partial charge in [0.2, 0.25) is 0 Å². The van der Waals surface area contributed by atoms with Gasteiger partial charge in [-0.3, -0.25) is 14.3 Å². The van der Waals surface area contributed by atoms with Crippen molar-refractivity contribution in [2.45, 2.75) is 13.0 Å². The monoisotopic (exact) mass is 389 g/mol. The van der Waals surface area contributed by atoms with Gasteiger partial charge in [-0.2, -0.15) is 10.2 Å². The highest BCUT2D eigenvalue weighted by Gasteiger charge is 2.23. The van der Waals surface area contributed by atoms with Gasteiger partial charge in [-0.1, -0.05) is 0 Å². The maximum Gasteiger partial charge on any atom is 0.130 e. The summed E-state index contributed by atoms with van der Waals surface area (Å²) in [7, 11) is 3.88. The number of aryl methyl sites for hydroxylation is 2. The van der Waals surface area contributed by atoms with E-state index in [9.17, 15) is 0 Å². The topological polar surface area (TPSA) is 73.9 Å². The van der Waals surface area contributed by atoms with E-state index in [4.69, 9.17) is 9.72 Å². The molecule has 5 heterocycles. The van der Waals surface area contributed by atoms with Crippen molar-refractivity contribution in [2.24, 2.45) is 14.1 Å². The quantitative estimate of drug-likeness (QED) is 0.536. The number of hydrogen-bond acceptors (Lipinski definition) is 6. The second-order valence-corrected chi connectivity index (χ2v) is 7.38. The van der Waals surface area contributed by atoms with E-state index in [2.05, 4.69) is 33.1 Å². The van der Waals surface area contributed by atoms with E-state index in [0.717, 1.165) is 45.9 Å². The van der Waals surface area contributed by atoms with Crippen LogP contribution in [0.2, 0.25) is 0 Å². The third-order valence-electron chi connectivity index (χ3n) is 5.54. The SMILES string of the molecule is CC1COCCN1c1cc(-c2ccnn2C)c2ccnc(-c3ccnn3C)c2n1. The minimum atomic E-state index is 0.255. The first kappa shape index (κ1) is 17.8. The zero-order valence-electron chi connectivity index (χ0n) is 16.8. The Labute approximate surface area is 168 Å². The normalized spacial score (nSPS) is 17.2. The fourth-order valence-electron chi connectivity index (χ4n) is 4.00. The van der Waals surface area contributed by atoms with Gasteiger partial charge in [0.25, 0.3) is 0 Å². The molecule has 1 atom stereocenters. The lowest BCUT2D eigenvalue weighted by Crippen LogP contribution is -2.44. The fourth-order valence-corrected chi connectivity index (χ4v) is 4.00. The van der Waals surface area contributed by atoms with Crippen LogP contribution in [-0.2, 0) is 18.8 Å². The van der Waals surface area contributed by atoms with E-state index >= 15 is 0 Å². The van der Waals surface area contributed by atoms with Crippen LogP contribution in [0.25, 0.3) is 33.5 Å². The molecule has 1 unspecified atom stereocenters. The molecule has 29 heavy (non-hydrogen) atoms. The van der Waals surface area contributed by atoms with Crippen LogP contribution in [0.15, 0.2) is 42.9 Å². The van der Waals surface area contributed by atoms with Gasteiger partial charge < -0.3 is 9.64 Å². The number of aromatic nitrogens is 6. The molecule has 8 heteroatoms. The van der Waals surface area contributed by atoms with E-state index in [1.165, 1.54) is 0 Å². The second kappa shape index (κ2) is 6.97. The van der Waals surface area contributed by atoms with Crippen LogP contribution in [0, 0.1) is 0 Å². The summed E-state index contributed by atoms with van der Waals surface area (Å²) in [6, 6.07) is 8.44. The number of nitrogens with zero attached hydrogens (tertiary/aromatic N) is 7. The summed E-state index contributed by atoms with van der Waals surface area (Å²) in [6.07, 6.45) is 5.44. The largest absolute Gasteiger partial charge is 0.377 e. The minimum absolute atomic E-state index is 0.255. The number of ether oxygens (including phenoxy) is 1. The molecular formula is C21H23N7O. The number of fused-ring (bicyclic) bond motifs is 1. The zero-order chi connectivity index (χ0) is 20.0. The molecule has 4 aromatic heterocycles. The number of anilines is 1. The Balaban J connectivity index is 1.81. The number of morpholine rings is 1. The molecule has 0 aromatic carbocycles. The number of pyridine rings is 2. The first-order chi connectivity index (χ1) is 14.1. The molecule has 8 nitrogen and oxygen atoms in total. The molecule has 0 aliphatic carbocycles. The lowest BCUT2D eigenvalue weighted by Gasteiger charge is -2.34. The average Bonchev–Trinajstić information content (AvgIpc) is 3.35. The average molecular weight is 389 g/mol. The minimum Gasteiger partial charge on any atom is -0.377 e. The molecule has 0 amide bonds. The van der Waals surface area contributed by atoms with Gasteiger partial charge in [0.05, 0.1) is 30.6 Å². The number of hydrogen-bond donors (Lipinski definition) is 0. The molecule has 1 fully saturated rings. The second-order valence-electron chi connectivity index (χ2n) is 7.38. The van der Waals surface area contributed by atoms with Crippen molar-refractivity contribution in [3.63, 3.8) is 0 Å². The fraction of sp³-hybridized carbons (Fsp3) is 0.333. The van der Waals surface area contributed by atoms with Crippen molar-refractivity contribution in [1.29, 1.82) is 0 Å². The molecule has 0 saturated carbocycles. The first-order valence-electron chi connectivity index (χ1n) is 9.74. The molecule has 148 valence electrons. The highest BCUT2D eigenvalue weighted by atomic mass is 16.5. The summed E-state index contributed by atoms with van der Waals surface area (Å²) in [5.74, 6) is 0.931. The van der Waals surface area contributed by atoms with Crippen LogP contribution in [0.4, 0.5) is 5.82 Å². The highest BCUT2D eigenvalue weighted by Crippen LogP contribution is 2.35. The first-order valence-corrected chi connectivity index (χ1v) is 9.74. The Hall–Kier alpha value is -3.26. The molecule has 0 bridgehead atoms. The summed E-state index contributed by atoms with van der Waals surface area (Å²) in [5.41, 5.74) is 4.76. The van der Waals surface area contributed by atoms with Crippen molar-refractivity contribution in [3.8, 4) is 22.6 Å². The molecular weight excluding hydrogens is 366 g/mol. The van der Waals surface area contributed by atoms with Crippen molar-refractivity contribution < 1.29 is 4.74 Å². The van der Waals surface area contributed by atoms with E-state index in [1.807, 2.05) is 54.1 Å². The van der Waals surface area contributed by atoms with Gasteiger partial charge in [-0.05, 0) is 31.2 Å². The smallest absolute Gasteiger partial charge is 0.130 e. The summed E-state index contributed by atoms with van der Waals surface area (Å²) < 4.78 is 9.36. The van der Waals surface area contributed by atoms with Gasteiger partial charge in [0.15, 0.2) is 0 Å².